The molecule has 0 spiro atoms. The van der Waals surface area contributed by atoms with Crippen LogP contribution in [0.5, 0.6) is 0 Å². The van der Waals surface area contributed by atoms with E-state index in [1.807, 2.05) is 0 Å². The van der Waals surface area contributed by atoms with Crippen molar-refractivity contribution < 1.29 is 28.7 Å². The van der Waals surface area contributed by atoms with E-state index in [0.717, 1.165) is 12.3 Å². The maximum absolute atomic E-state index is 9.93. The van der Waals surface area contributed by atoms with Crippen molar-refractivity contribution >= 4 is 30.6 Å². The third-order valence-corrected chi connectivity index (χ3v) is 0.584. The Morgan fingerprint density at radius 3 is 1.59 bits per heavy atom. The van der Waals surface area contributed by atoms with Gasteiger partial charge in [0.15, 0.2) is 0 Å². The first-order valence-corrected chi connectivity index (χ1v) is 4.54. The van der Waals surface area contributed by atoms with Crippen molar-refractivity contribution in [2.45, 2.75) is 27.2 Å². The highest BCUT2D eigenvalue weighted by molar-refractivity contribution is 5.72. The molecule has 0 radical (unpaired) electrons. The molecule has 0 heterocycles. The van der Waals surface area contributed by atoms with Crippen LogP contribution in [0.1, 0.15) is 27.2 Å². The molecule has 0 N–H and O–H groups in total. The van der Waals surface area contributed by atoms with Crippen molar-refractivity contribution in [3.63, 3.8) is 0 Å². The highest BCUT2D eigenvalue weighted by atomic mass is 16.5. The molecule has 0 saturated heterocycles. The van der Waals surface area contributed by atoms with Crippen LogP contribution in [0.3, 0.4) is 0 Å². The van der Waals surface area contributed by atoms with E-state index in [1.165, 1.54) is 20.8 Å². The average Bonchev–Trinajstić information content (AvgIpc) is 2.19. The summed E-state index contributed by atoms with van der Waals surface area (Å²) in [6.07, 6.45) is 3.82. The molecule has 0 aromatic rings. The zero-order chi connectivity index (χ0) is 14.1. The number of rotatable bonds is 4. The van der Waals surface area contributed by atoms with Crippen molar-refractivity contribution in [1.82, 2.24) is 0 Å². The van der Waals surface area contributed by atoms with Crippen LogP contribution in [0.2, 0.25) is 0 Å². The van der Waals surface area contributed by atoms with Gasteiger partial charge in [-0.25, -0.2) is 0 Å². The largest absolute Gasteiger partial charge is 0.435 e. The van der Waals surface area contributed by atoms with E-state index in [1.54, 1.807) is 0 Å². The van der Waals surface area contributed by atoms with Crippen LogP contribution in [0.15, 0.2) is 12.3 Å². The predicted octanol–water partition coefficient (Wildman–Crippen LogP) is 0.632. The summed E-state index contributed by atoms with van der Waals surface area (Å²) in [5.74, 6) is -0.261. The van der Waals surface area contributed by atoms with E-state index in [2.05, 4.69) is 4.74 Å². The van der Waals surface area contributed by atoms with Crippen molar-refractivity contribution in [2.75, 3.05) is 0 Å². The van der Waals surface area contributed by atoms with E-state index in [4.69, 9.17) is 0 Å². The summed E-state index contributed by atoms with van der Waals surface area (Å²) in [6, 6.07) is 0. The molecule has 0 aliphatic rings. The lowest BCUT2D eigenvalue weighted by Gasteiger charge is -1.84. The summed E-state index contributed by atoms with van der Waals surface area (Å²) >= 11 is 0. The minimum atomic E-state index is -0.428. The highest BCUT2D eigenvalue weighted by Crippen LogP contribution is 1.74. The first-order chi connectivity index (χ1) is 7.92. The zero-order valence-electron chi connectivity index (χ0n) is 10.0. The molecule has 0 saturated carbocycles. The fraction of sp³-hybridized carbons (Fsp3) is 0.364. The molecular formula is C11H16O6. The van der Waals surface area contributed by atoms with Crippen molar-refractivity contribution in [3.05, 3.63) is 12.3 Å². The number of ether oxygens (including phenoxy) is 1. The summed E-state index contributed by atoms with van der Waals surface area (Å²) in [4.78, 5) is 47.2. The SMILES string of the molecule is CC(=O)O/C=C/C=O.CC(C)=O.O=CCC=O. The normalized spacial score (nSPS) is 7.71. The standard InChI is InChI=1S/C5H6O3.C3H4O2.C3H6O/c1-5(7)8-4-2-3-6;4-2-1-3-5;1-3(2)4/h2-4H,1H3;2-3H,1H2;1-2H3/b4-2+;;. The molecular weight excluding hydrogens is 228 g/mol. The number of ketones is 1. The van der Waals surface area contributed by atoms with Gasteiger partial charge in [0.05, 0.1) is 12.7 Å². The number of carbonyl (C=O) groups is 5. The topological polar surface area (TPSA) is 94.6 Å². The Labute approximate surface area is 99.6 Å². The van der Waals surface area contributed by atoms with E-state index in [-0.39, 0.29) is 12.2 Å². The quantitative estimate of drug-likeness (QED) is 0.237. The van der Waals surface area contributed by atoms with Gasteiger partial charge in [-0.05, 0) is 13.8 Å². The van der Waals surface area contributed by atoms with Gasteiger partial charge >= 0.3 is 5.97 Å². The molecule has 0 rings (SSSR count). The zero-order valence-corrected chi connectivity index (χ0v) is 10.0. The van der Waals surface area contributed by atoms with Crippen LogP contribution < -0.4 is 0 Å². The number of Topliss-reactive ketones (excluding diaryl/α,β-unsaturated/α-hetero) is 1. The van der Waals surface area contributed by atoms with Crippen molar-refractivity contribution in [2.24, 2.45) is 0 Å². The minimum absolute atomic E-state index is 0.0278. The lowest BCUT2D eigenvalue weighted by Crippen LogP contribution is -1.88. The number of esters is 1. The summed E-state index contributed by atoms with van der Waals surface area (Å²) in [6.45, 7) is 4.31. The molecule has 6 heteroatoms. The second-order valence-electron chi connectivity index (χ2n) is 2.55. The Hall–Kier alpha value is -2.11. The third kappa shape index (κ3) is 82.1. The molecule has 17 heavy (non-hydrogen) atoms. The Balaban J connectivity index is -0.000000188. The van der Waals surface area contributed by atoms with Gasteiger partial charge in [-0.15, -0.1) is 0 Å². The summed E-state index contributed by atoms with van der Waals surface area (Å²) < 4.78 is 4.23. The van der Waals surface area contributed by atoms with Gasteiger partial charge in [0, 0.05) is 13.0 Å². The van der Waals surface area contributed by atoms with E-state index in [0.29, 0.717) is 18.9 Å². The molecule has 96 valence electrons. The average molecular weight is 244 g/mol. The molecule has 0 aliphatic heterocycles. The maximum atomic E-state index is 9.93. The van der Waals surface area contributed by atoms with Gasteiger partial charge in [0.25, 0.3) is 0 Å². The number of allylic oxidation sites excluding steroid dienone is 1. The molecule has 0 amide bonds. The first kappa shape index (κ1) is 20.3. The van der Waals surface area contributed by atoms with Crippen molar-refractivity contribution in [1.29, 1.82) is 0 Å². The second kappa shape index (κ2) is 19.5. The molecule has 0 aliphatic carbocycles. The number of hydrogen-bond acceptors (Lipinski definition) is 6. The maximum Gasteiger partial charge on any atom is 0.307 e. The van der Waals surface area contributed by atoms with Gasteiger partial charge in [0.2, 0.25) is 0 Å². The second-order valence-corrected chi connectivity index (χ2v) is 2.55. The number of carbonyl (C=O) groups excluding carboxylic acids is 5. The van der Waals surface area contributed by atoms with Gasteiger partial charge in [0.1, 0.15) is 24.6 Å². The molecule has 0 aromatic heterocycles. The van der Waals surface area contributed by atoms with Crippen LogP contribution in [0.4, 0.5) is 0 Å². The van der Waals surface area contributed by atoms with Gasteiger partial charge in [-0.1, -0.05) is 0 Å². The van der Waals surface area contributed by atoms with Gasteiger partial charge < -0.3 is 19.1 Å². The van der Waals surface area contributed by atoms with Crippen LogP contribution in [0, 0.1) is 0 Å². The monoisotopic (exact) mass is 244 g/mol. The summed E-state index contributed by atoms with van der Waals surface area (Å²) in [7, 11) is 0. The number of aldehydes is 3. The molecule has 0 bridgehead atoms. The molecule has 0 fully saturated rings. The van der Waals surface area contributed by atoms with Crippen LogP contribution in [-0.4, -0.2) is 30.6 Å². The summed E-state index contributed by atoms with van der Waals surface area (Å²) in [5.41, 5.74) is 0. The Bertz CT molecular complexity index is 257. The Morgan fingerprint density at radius 1 is 1.00 bits per heavy atom. The minimum Gasteiger partial charge on any atom is -0.435 e. The molecule has 0 atom stereocenters. The molecule has 6 nitrogen and oxygen atoms in total. The van der Waals surface area contributed by atoms with Crippen molar-refractivity contribution in [3.8, 4) is 0 Å². The Kier molecular flexibility index (Phi) is 23.3. The van der Waals surface area contributed by atoms with Crippen LogP contribution in [0.25, 0.3) is 0 Å². The van der Waals surface area contributed by atoms with Gasteiger partial charge in [-0.3, -0.25) is 9.59 Å². The fourth-order valence-corrected chi connectivity index (χ4v) is 0.206. The van der Waals surface area contributed by atoms with Gasteiger partial charge in [-0.2, -0.15) is 0 Å². The van der Waals surface area contributed by atoms with E-state index >= 15 is 0 Å². The molecule has 0 aromatic carbocycles. The molecule has 0 unspecified atom stereocenters. The fourth-order valence-electron chi connectivity index (χ4n) is 0.206. The van der Waals surface area contributed by atoms with E-state index in [9.17, 15) is 24.0 Å². The summed E-state index contributed by atoms with van der Waals surface area (Å²) in [5, 5.41) is 0. The highest BCUT2D eigenvalue weighted by Gasteiger charge is 1.81. The van der Waals surface area contributed by atoms with E-state index < -0.39 is 5.97 Å². The lowest BCUT2D eigenvalue weighted by atomic mass is 10.6. The lowest BCUT2D eigenvalue weighted by molar-refractivity contribution is -0.135. The van der Waals surface area contributed by atoms with Crippen LogP contribution >= 0.6 is 0 Å². The van der Waals surface area contributed by atoms with Crippen LogP contribution in [-0.2, 0) is 28.7 Å². The predicted molar refractivity (Wildman–Crippen MR) is 60.1 cm³/mol. The number of hydrogen-bond donors (Lipinski definition) is 0. The smallest absolute Gasteiger partial charge is 0.307 e. The first-order valence-electron chi connectivity index (χ1n) is 4.54. The Morgan fingerprint density at radius 2 is 1.41 bits per heavy atom. The third-order valence-electron chi connectivity index (χ3n) is 0.584.